The van der Waals surface area contributed by atoms with Gasteiger partial charge in [0.1, 0.15) is 0 Å². The topological polar surface area (TPSA) is 15.3 Å². The number of likely N-dealkylation sites (N-methyl/N-ethyl adjacent to an activating group) is 1. The largest absolute Gasteiger partial charge is 0.315 e. The SMILES string of the molecule is CCC1CNCC1N(C)C1CCSC1. The van der Waals surface area contributed by atoms with Gasteiger partial charge >= 0.3 is 0 Å². The first-order valence-corrected chi connectivity index (χ1v) is 6.98. The summed E-state index contributed by atoms with van der Waals surface area (Å²) in [6.07, 6.45) is 2.72. The van der Waals surface area contributed by atoms with Crippen molar-refractivity contribution in [2.75, 3.05) is 31.6 Å². The molecule has 0 bridgehead atoms. The van der Waals surface area contributed by atoms with Gasteiger partial charge in [0.25, 0.3) is 0 Å². The van der Waals surface area contributed by atoms with Crippen molar-refractivity contribution < 1.29 is 0 Å². The minimum atomic E-state index is 0.795. The van der Waals surface area contributed by atoms with Gasteiger partial charge in [-0.3, -0.25) is 4.90 Å². The quantitative estimate of drug-likeness (QED) is 0.765. The van der Waals surface area contributed by atoms with Crippen LogP contribution in [0.2, 0.25) is 0 Å². The predicted octanol–water partition coefficient (Wildman–Crippen LogP) is 1.42. The van der Waals surface area contributed by atoms with Crippen LogP contribution < -0.4 is 5.32 Å². The van der Waals surface area contributed by atoms with Crippen LogP contribution in [-0.2, 0) is 0 Å². The molecule has 0 amide bonds. The third-order valence-electron chi connectivity index (χ3n) is 3.83. The summed E-state index contributed by atoms with van der Waals surface area (Å²) < 4.78 is 0. The number of rotatable bonds is 3. The summed E-state index contributed by atoms with van der Waals surface area (Å²) in [5, 5.41) is 3.53. The summed E-state index contributed by atoms with van der Waals surface area (Å²) in [6, 6.07) is 1.64. The van der Waals surface area contributed by atoms with Gasteiger partial charge in [-0.25, -0.2) is 0 Å². The van der Waals surface area contributed by atoms with E-state index in [1.807, 2.05) is 0 Å². The molecule has 2 rings (SSSR count). The zero-order valence-corrected chi connectivity index (χ0v) is 10.1. The second-order valence-corrected chi connectivity index (χ2v) is 5.73. The normalized spacial score (nSPS) is 38.4. The Morgan fingerprint density at radius 1 is 1.43 bits per heavy atom. The maximum absolute atomic E-state index is 3.53. The lowest BCUT2D eigenvalue weighted by Crippen LogP contribution is -2.44. The van der Waals surface area contributed by atoms with Gasteiger partial charge in [-0.15, -0.1) is 0 Å². The van der Waals surface area contributed by atoms with Crippen molar-refractivity contribution in [2.45, 2.75) is 31.8 Å². The van der Waals surface area contributed by atoms with Crippen LogP contribution in [-0.4, -0.2) is 48.6 Å². The van der Waals surface area contributed by atoms with Crippen molar-refractivity contribution in [3.05, 3.63) is 0 Å². The summed E-state index contributed by atoms with van der Waals surface area (Å²) in [5.74, 6) is 3.60. The number of hydrogen-bond donors (Lipinski definition) is 1. The monoisotopic (exact) mass is 214 g/mol. The molecule has 2 nitrogen and oxygen atoms in total. The van der Waals surface area contributed by atoms with E-state index in [0.717, 1.165) is 18.0 Å². The molecule has 0 aromatic rings. The fraction of sp³-hybridized carbons (Fsp3) is 1.00. The number of thioether (sulfide) groups is 1. The van der Waals surface area contributed by atoms with Gasteiger partial charge in [-0.05, 0) is 31.7 Å². The number of nitrogens with zero attached hydrogens (tertiary/aromatic N) is 1. The Morgan fingerprint density at radius 3 is 2.93 bits per heavy atom. The van der Waals surface area contributed by atoms with Crippen LogP contribution in [0.3, 0.4) is 0 Å². The highest BCUT2D eigenvalue weighted by Gasteiger charge is 2.33. The van der Waals surface area contributed by atoms with Gasteiger partial charge in [-0.2, -0.15) is 11.8 Å². The Kier molecular flexibility index (Phi) is 3.74. The van der Waals surface area contributed by atoms with Gasteiger partial charge in [0, 0.05) is 24.4 Å². The second kappa shape index (κ2) is 4.86. The van der Waals surface area contributed by atoms with E-state index < -0.39 is 0 Å². The van der Waals surface area contributed by atoms with Crippen LogP contribution in [0.5, 0.6) is 0 Å². The lowest BCUT2D eigenvalue weighted by Gasteiger charge is -2.33. The highest BCUT2D eigenvalue weighted by molar-refractivity contribution is 7.99. The molecule has 0 radical (unpaired) electrons. The predicted molar refractivity (Wildman–Crippen MR) is 63.9 cm³/mol. The molecule has 2 heterocycles. The average Bonchev–Trinajstić information content (AvgIpc) is 2.87. The Bertz CT molecular complexity index is 180. The van der Waals surface area contributed by atoms with E-state index in [1.165, 1.54) is 37.4 Å². The molecular formula is C11H22N2S. The van der Waals surface area contributed by atoms with Gasteiger partial charge in [0.05, 0.1) is 0 Å². The fourth-order valence-corrected chi connectivity index (χ4v) is 4.01. The zero-order chi connectivity index (χ0) is 9.97. The molecule has 0 aromatic heterocycles. The van der Waals surface area contributed by atoms with E-state index in [1.54, 1.807) is 0 Å². The third kappa shape index (κ3) is 2.10. The molecule has 2 aliphatic rings. The third-order valence-corrected chi connectivity index (χ3v) is 4.98. The standard InChI is InChI=1S/C11H22N2S/c1-3-9-6-12-7-11(9)13(2)10-4-5-14-8-10/h9-12H,3-8H2,1-2H3. The van der Waals surface area contributed by atoms with Crippen LogP contribution in [0.4, 0.5) is 0 Å². The van der Waals surface area contributed by atoms with Crippen molar-refractivity contribution in [1.29, 1.82) is 0 Å². The van der Waals surface area contributed by atoms with Gasteiger partial charge in [0.15, 0.2) is 0 Å². The van der Waals surface area contributed by atoms with E-state index in [0.29, 0.717) is 0 Å². The Balaban J connectivity index is 1.92. The first kappa shape index (κ1) is 10.8. The van der Waals surface area contributed by atoms with Gasteiger partial charge < -0.3 is 5.32 Å². The summed E-state index contributed by atoms with van der Waals surface area (Å²) in [5.41, 5.74) is 0. The molecule has 82 valence electrons. The van der Waals surface area contributed by atoms with E-state index in [4.69, 9.17) is 0 Å². The van der Waals surface area contributed by atoms with E-state index in [-0.39, 0.29) is 0 Å². The zero-order valence-electron chi connectivity index (χ0n) is 9.33. The molecule has 2 saturated heterocycles. The number of nitrogens with one attached hydrogen (secondary N) is 1. The van der Waals surface area contributed by atoms with Crippen LogP contribution in [0.15, 0.2) is 0 Å². The molecule has 1 N–H and O–H groups in total. The van der Waals surface area contributed by atoms with Crippen molar-refractivity contribution in [2.24, 2.45) is 5.92 Å². The minimum absolute atomic E-state index is 0.795. The lowest BCUT2D eigenvalue weighted by atomic mass is 9.98. The molecule has 2 aliphatic heterocycles. The molecule has 0 aromatic carbocycles. The molecular weight excluding hydrogens is 192 g/mol. The van der Waals surface area contributed by atoms with E-state index in [2.05, 4.69) is 35.9 Å². The van der Waals surface area contributed by atoms with Crippen molar-refractivity contribution in [1.82, 2.24) is 10.2 Å². The minimum Gasteiger partial charge on any atom is -0.315 e. The molecule has 3 unspecified atom stereocenters. The van der Waals surface area contributed by atoms with Crippen LogP contribution in [0.1, 0.15) is 19.8 Å². The van der Waals surface area contributed by atoms with Crippen LogP contribution >= 0.6 is 11.8 Å². The molecule has 2 fully saturated rings. The average molecular weight is 214 g/mol. The summed E-state index contributed by atoms with van der Waals surface area (Å²) in [6.45, 7) is 4.75. The molecule has 0 aliphatic carbocycles. The van der Waals surface area contributed by atoms with Gasteiger partial charge in [-0.1, -0.05) is 13.3 Å². The highest BCUT2D eigenvalue weighted by atomic mass is 32.2. The Hall–Kier alpha value is 0.270. The maximum Gasteiger partial charge on any atom is 0.0261 e. The Morgan fingerprint density at radius 2 is 2.29 bits per heavy atom. The summed E-state index contributed by atoms with van der Waals surface area (Å²) in [4.78, 5) is 2.65. The number of hydrogen-bond acceptors (Lipinski definition) is 3. The molecule has 3 heteroatoms. The van der Waals surface area contributed by atoms with Crippen LogP contribution in [0.25, 0.3) is 0 Å². The van der Waals surface area contributed by atoms with Crippen LogP contribution in [0, 0.1) is 5.92 Å². The van der Waals surface area contributed by atoms with Crippen molar-refractivity contribution in [3.63, 3.8) is 0 Å². The fourth-order valence-electron chi connectivity index (χ4n) is 2.73. The first-order valence-electron chi connectivity index (χ1n) is 5.83. The van der Waals surface area contributed by atoms with Gasteiger partial charge in [0.2, 0.25) is 0 Å². The highest BCUT2D eigenvalue weighted by Crippen LogP contribution is 2.26. The lowest BCUT2D eigenvalue weighted by molar-refractivity contribution is 0.162. The second-order valence-electron chi connectivity index (χ2n) is 4.58. The Labute approximate surface area is 91.8 Å². The smallest absolute Gasteiger partial charge is 0.0261 e. The van der Waals surface area contributed by atoms with E-state index >= 15 is 0 Å². The summed E-state index contributed by atoms with van der Waals surface area (Å²) >= 11 is 2.12. The summed E-state index contributed by atoms with van der Waals surface area (Å²) in [7, 11) is 2.33. The van der Waals surface area contributed by atoms with Crippen molar-refractivity contribution in [3.8, 4) is 0 Å². The molecule has 14 heavy (non-hydrogen) atoms. The maximum atomic E-state index is 3.53. The van der Waals surface area contributed by atoms with E-state index in [9.17, 15) is 0 Å². The first-order chi connectivity index (χ1) is 6.83. The van der Waals surface area contributed by atoms with Crippen molar-refractivity contribution >= 4 is 11.8 Å². The molecule has 0 spiro atoms. The molecule has 3 atom stereocenters. The molecule has 0 saturated carbocycles.